The molecule has 1 nitrogen and oxygen atoms in total. The molecule has 92 valence electrons. The highest BCUT2D eigenvalue weighted by molar-refractivity contribution is 9.10. The Morgan fingerprint density at radius 1 is 1.35 bits per heavy atom. The molecule has 0 saturated heterocycles. The van der Waals surface area contributed by atoms with Crippen molar-refractivity contribution in [1.29, 1.82) is 0 Å². The molecule has 0 heterocycles. The maximum Gasteiger partial charge on any atom is 0.0178 e. The van der Waals surface area contributed by atoms with Crippen LogP contribution in [0, 0.1) is 11.8 Å². The van der Waals surface area contributed by atoms with Crippen LogP contribution in [-0.4, -0.2) is 12.6 Å². The molecule has 0 aliphatic heterocycles. The Morgan fingerprint density at radius 3 is 2.94 bits per heavy atom. The number of hydrogen-bond donors (Lipinski definition) is 1. The lowest BCUT2D eigenvalue weighted by Crippen LogP contribution is -2.35. The minimum Gasteiger partial charge on any atom is -0.313 e. The van der Waals surface area contributed by atoms with Gasteiger partial charge in [-0.05, 0) is 67.3 Å². The quantitative estimate of drug-likeness (QED) is 0.899. The summed E-state index contributed by atoms with van der Waals surface area (Å²) in [6, 6.07) is 7.45. The molecule has 2 heteroatoms. The van der Waals surface area contributed by atoms with E-state index in [0.29, 0.717) is 6.04 Å². The van der Waals surface area contributed by atoms with Crippen molar-refractivity contribution < 1.29 is 0 Å². The second kappa shape index (κ2) is 4.74. The van der Waals surface area contributed by atoms with Gasteiger partial charge in [0.05, 0.1) is 0 Å². The zero-order valence-electron chi connectivity index (χ0n) is 10.4. The second-order valence-corrected chi connectivity index (χ2v) is 6.65. The molecule has 2 aliphatic carbocycles. The smallest absolute Gasteiger partial charge is 0.0178 e. The Hall–Kier alpha value is -0.340. The van der Waals surface area contributed by atoms with Crippen LogP contribution in [0.2, 0.25) is 0 Å². The molecule has 3 atom stereocenters. The molecule has 1 aromatic rings. The Balaban J connectivity index is 1.58. The molecule has 3 unspecified atom stereocenters. The number of nitrogens with one attached hydrogen (secondary N) is 1. The van der Waals surface area contributed by atoms with Crippen LogP contribution in [0.25, 0.3) is 0 Å². The molecule has 2 aliphatic rings. The zero-order valence-corrected chi connectivity index (χ0v) is 12.0. The number of benzene rings is 1. The molecular weight excluding hydrogens is 274 g/mol. The van der Waals surface area contributed by atoms with Gasteiger partial charge in [0, 0.05) is 10.5 Å². The number of aryl methyl sites for hydroxylation is 1. The summed E-state index contributed by atoms with van der Waals surface area (Å²) >= 11 is 3.55. The molecule has 0 radical (unpaired) electrons. The highest BCUT2D eigenvalue weighted by atomic mass is 79.9. The van der Waals surface area contributed by atoms with Crippen molar-refractivity contribution in [3.05, 3.63) is 33.8 Å². The lowest BCUT2D eigenvalue weighted by molar-refractivity contribution is 0.443. The fourth-order valence-corrected chi connectivity index (χ4v) is 3.31. The van der Waals surface area contributed by atoms with E-state index in [1.165, 1.54) is 42.3 Å². The van der Waals surface area contributed by atoms with Crippen molar-refractivity contribution in [3.63, 3.8) is 0 Å². The standard InChI is InChI=1S/C15H20BrN/c1-10-6-13(10)9-17-15-5-3-11-7-14(16)4-2-12(11)8-15/h2,4,7,10,13,15,17H,3,5-6,8-9H2,1H3. The maximum absolute atomic E-state index is 3.76. The first-order chi connectivity index (χ1) is 8.22. The van der Waals surface area contributed by atoms with E-state index >= 15 is 0 Å². The van der Waals surface area contributed by atoms with Crippen molar-refractivity contribution >= 4 is 15.9 Å². The van der Waals surface area contributed by atoms with Crippen molar-refractivity contribution in [3.8, 4) is 0 Å². The summed E-state index contributed by atoms with van der Waals surface area (Å²) in [5.41, 5.74) is 3.08. The summed E-state index contributed by atoms with van der Waals surface area (Å²) in [5, 5.41) is 3.76. The third-order valence-electron chi connectivity index (χ3n) is 4.34. The van der Waals surface area contributed by atoms with E-state index in [1.54, 1.807) is 5.56 Å². The molecule has 1 fully saturated rings. The van der Waals surface area contributed by atoms with E-state index < -0.39 is 0 Å². The molecule has 1 saturated carbocycles. The van der Waals surface area contributed by atoms with E-state index in [9.17, 15) is 0 Å². The number of halogens is 1. The first kappa shape index (κ1) is 11.7. The zero-order chi connectivity index (χ0) is 11.8. The fourth-order valence-electron chi connectivity index (χ4n) is 2.90. The van der Waals surface area contributed by atoms with Crippen LogP contribution in [0.15, 0.2) is 22.7 Å². The monoisotopic (exact) mass is 293 g/mol. The van der Waals surface area contributed by atoms with Gasteiger partial charge in [-0.3, -0.25) is 0 Å². The van der Waals surface area contributed by atoms with Crippen LogP contribution in [0.4, 0.5) is 0 Å². The number of rotatable bonds is 3. The Kier molecular flexibility index (Phi) is 3.27. The Labute approximate surface area is 112 Å². The maximum atomic E-state index is 3.76. The molecule has 1 aromatic carbocycles. The van der Waals surface area contributed by atoms with Crippen molar-refractivity contribution in [1.82, 2.24) is 5.32 Å². The summed E-state index contributed by atoms with van der Waals surface area (Å²) in [7, 11) is 0. The van der Waals surface area contributed by atoms with Gasteiger partial charge in [-0.2, -0.15) is 0 Å². The fraction of sp³-hybridized carbons (Fsp3) is 0.600. The third-order valence-corrected chi connectivity index (χ3v) is 4.83. The number of hydrogen-bond acceptors (Lipinski definition) is 1. The van der Waals surface area contributed by atoms with Crippen LogP contribution in [0.5, 0.6) is 0 Å². The van der Waals surface area contributed by atoms with Gasteiger partial charge in [0.25, 0.3) is 0 Å². The highest BCUT2D eigenvalue weighted by Gasteiger charge is 2.32. The molecular formula is C15H20BrN. The first-order valence-corrected chi connectivity index (χ1v) is 7.52. The van der Waals surface area contributed by atoms with Gasteiger partial charge in [0.1, 0.15) is 0 Å². The van der Waals surface area contributed by atoms with Crippen LogP contribution < -0.4 is 5.32 Å². The van der Waals surface area contributed by atoms with Gasteiger partial charge in [-0.25, -0.2) is 0 Å². The van der Waals surface area contributed by atoms with Gasteiger partial charge in [-0.15, -0.1) is 0 Å². The average Bonchev–Trinajstić information content (AvgIpc) is 3.03. The highest BCUT2D eigenvalue weighted by Crippen LogP contribution is 2.37. The summed E-state index contributed by atoms with van der Waals surface area (Å²) in [5.74, 6) is 1.93. The van der Waals surface area contributed by atoms with Gasteiger partial charge in [0.15, 0.2) is 0 Å². The van der Waals surface area contributed by atoms with Crippen LogP contribution in [0.3, 0.4) is 0 Å². The van der Waals surface area contributed by atoms with Crippen LogP contribution in [-0.2, 0) is 12.8 Å². The summed E-state index contributed by atoms with van der Waals surface area (Å²) in [6.07, 6.45) is 5.17. The minimum absolute atomic E-state index is 0.705. The third kappa shape index (κ3) is 2.74. The van der Waals surface area contributed by atoms with E-state index in [1.807, 2.05) is 0 Å². The minimum atomic E-state index is 0.705. The van der Waals surface area contributed by atoms with Crippen molar-refractivity contribution in [2.75, 3.05) is 6.54 Å². The molecule has 3 rings (SSSR count). The predicted octanol–water partition coefficient (Wildman–Crippen LogP) is 3.55. The van der Waals surface area contributed by atoms with Gasteiger partial charge < -0.3 is 5.32 Å². The molecule has 0 spiro atoms. The van der Waals surface area contributed by atoms with Crippen LogP contribution in [0.1, 0.15) is 30.9 Å². The lowest BCUT2D eigenvalue weighted by atomic mass is 9.88. The van der Waals surface area contributed by atoms with E-state index in [-0.39, 0.29) is 0 Å². The van der Waals surface area contributed by atoms with E-state index in [0.717, 1.165) is 11.8 Å². The topological polar surface area (TPSA) is 12.0 Å². The van der Waals surface area contributed by atoms with E-state index in [2.05, 4.69) is 46.4 Å². The van der Waals surface area contributed by atoms with E-state index in [4.69, 9.17) is 0 Å². The molecule has 0 amide bonds. The molecule has 1 N–H and O–H groups in total. The largest absolute Gasteiger partial charge is 0.313 e. The average molecular weight is 294 g/mol. The normalized spacial score (nSPS) is 31.1. The molecule has 0 bridgehead atoms. The summed E-state index contributed by atoms with van der Waals surface area (Å²) in [4.78, 5) is 0. The predicted molar refractivity (Wildman–Crippen MR) is 75.2 cm³/mol. The van der Waals surface area contributed by atoms with Crippen molar-refractivity contribution in [2.24, 2.45) is 11.8 Å². The SMILES string of the molecule is CC1CC1CNC1CCc2cc(Br)ccc2C1. The Morgan fingerprint density at radius 2 is 2.18 bits per heavy atom. The number of fused-ring (bicyclic) bond motifs is 1. The molecule has 0 aromatic heterocycles. The van der Waals surface area contributed by atoms with Gasteiger partial charge in [0.2, 0.25) is 0 Å². The van der Waals surface area contributed by atoms with Gasteiger partial charge >= 0.3 is 0 Å². The lowest BCUT2D eigenvalue weighted by Gasteiger charge is -2.26. The van der Waals surface area contributed by atoms with Crippen molar-refractivity contribution in [2.45, 2.75) is 38.6 Å². The summed E-state index contributed by atoms with van der Waals surface area (Å²) < 4.78 is 1.22. The Bertz CT molecular complexity index is 415. The second-order valence-electron chi connectivity index (χ2n) is 5.73. The van der Waals surface area contributed by atoms with Gasteiger partial charge in [-0.1, -0.05) is 28.9 Å². The first-order valence-electron chi connectivity index (χ1n) is 6.73. The molecule has 17 heavy (non-hydrogen) atoms. The summed E-state index contributed by atoms with van der Waals surface area (Å²) in [6.45, 7) is 3.59. The van der Waals surface area contributed by atoms with Crippen LogP contribution >= 0.6 is 15.9 Å².